The number of rotatable bonds is 4. The third-order valence-corrected chi connectivity index (χ3v) is 2.11. The van der Waals surface area contributed by atoms with Gasteiger partial charge >= 0.3 is 0 Å². The lowest BCUT2D eigenvalue weighted by Crippen LogP contribution is -2.27. The van der Waals surface area contributed by atoms with Crippen molar-refractivity contribution in [2.24, 2.45) is 5.73 Å². The van der Waals surface area contributed by atoms with Gasteiger partial charge in [0, 0.05) is 13.0 Å². The standard InChI is InChI=1S/C8H17NO3/c1-6-4-8(11-5-9)7(12-6)2-3-10/h6-8,10H,2-5,9H2,1H3. The largest absolute Gasteiger partial charge is 0.396 e. The first-order valence-corrected chi connectivity index (χ1v) is 4.36. The van der Waals surface area contributed by atoms with Crippen LogP contribution in [0.3, 0.4) is 0 Å². The van der Waals surface area contributed by atoms with E-state index in [2.05, 4.69) is 0 Å². The number of aliphatic hydroxyl groups is 1. The zero-order chi connectivity index (χ0) is 8.97. The molecule has 3 atom stereocenters. The molecule has 0 saturated carbocycles. The van der Waals surface area contributed by atoms with Gasteiger partial charge in [0.05, 0.1) is 25.0 Å². The highest BCUT2D eigenvalue weighted by Crippen LogP contribution is 2.24. The summed E-state index contributed by atoms with van der Waals surface area (Å²) in [5, 5.41) is 8.73. The number of hydrogen-bond donors (Lipinski definition) is 2. The van der Waals surface area contributed by atoms with Crippen molar-refractivity contribution in [1.82, 2.24) is 0 Å². The third kappa shape index (κ3) is 2.42. The van der Waals surface area contributed by atoms with E-state index in [1.54, 1.807) is 0 Å². The molecule has 1 aliphatic heterocycles. The Morgan fingerprint density at radius 3 is 3.00 bits per heavy atom. The molecule has 4 nitrogen and oxygen atoms in total. The lowest BCUT2D eigenvalue weighted by atomic mass is 10.1. The first-order chi connectivity index (χ1) is 5.77. The number of hydrogen-bond acceptors (Lipinski definition) is 4. The van der Waals surface area contributed by atoms with Crippen molar-refractivity contribution in [3.05, 3.63) is 0 Å². The topological polar surface area (TPSA) is 64.7 Å². The van der Waals surface area contributed by atoms with E-state index in [1.165, 1.54) is 0 Å². The van der Waals surface area contributed by atoms with Gasteiger partial charge in [0.1, 0.15) is 0 Å². The molecule has 3 unspecified atom stereocenters. The fourth-order valence-corrected chi connectivity index (χ4v) is 1.60. The van der Waals surface area contributed by atoms with E-state index >= 15 is 0 Å². The third-order valence-electron chi connectivity index (χ3n) is 2.11. The predicted octanol–water partition coefficient (Wildman–Crippen LogP) is -0.152. The first-order valence-electron chi connectivity index (χ1n) is 4.36. The molecule has 1 aliphatic rings. The normalized spacial score (nSPS) is 35.8. The van der Waals surface area contributed by atoms with Gasteiger partial charge in [0.15, 0.2) is 0 Å². The molecule has 0 amide bonds. The summed E-state index contributed by atoms with van der Waals surface area (Å²) in [4.78, 5) is 0. The van der Waals surface area contributed by atoms with Crippen LogP contribution in [0.1, 0.15) is 19.8 Å². The van der Waals surface area contributed by atoms with E-state index in [0.717, 1.165) is 6.42 Å². The smallest absolute Gasteiger partial charge is 0.0945 e. The Balaban J connectivity index is 2.36. The van der Waals surface area contributed by atoms with Crippen molar-refractivity contribution in [1.29, 1.82) is 0 Å². The Bertz CT molecular complexity index is 117. The summed E-state index contributed by atoms with van der Waals surface area (Å²) >= 11 is 0. The summed E-state index contributed by atoms with van der Waals surface area (Å²) in [7, 11) is 0. The zero-order valence-electron chi connectivity index (χ0n) is 7.40. The van der Waals surface area contributed by atoms with Gasteiger partial charge < -0.3 is 20.3 Å². The Hall–Kier alpha value is -0.160. The molecule has 0 aliphatic carbocycles. The molecule has 0 bridgehead atoms. The molecule has 0 spiro atoms. The van der Waals surface area contributed by atoms with Crippen LogP contribution in [0.2, 0.25) is 0 Å². The van der Waals surface area contributed by atoms with Crippen molar-refractivity contribution < 1.29 is 14.6 Å². The van der Waals surface area contributed by atoms with E-state index in [-0.39, 0.29) is 31.6 Å². The minimum absolute atomic E-state index is 0.0218. The first kappa shape index (κ1) is 9.92. The molecule has 1 saturated heterocycles. The second-order valence-electron chi connectivity index (χ2n) is 3.10. The van der Waals surface area contributed by atoms with Gasteiger partial charge in [-0.1, -0.05) is 0 Å². The second kappa shape index (κ2) is 4.77. The second-order valence-corrected chi connectivity index (χ2v) is 3.10. The lowest BCUT2D eigenvalue weighted by molar-refractivity contribution is -0.0278. The quantitative estimate of drug-likeness (QED) is 0.583. The Kier molecular flexibility index (Phi) is 3.94. The van der Waals surface area contributed by atoms with E-state index < -0.39 is 0 Å². The molecule has 12 heavy (non-hydrogen) atoms. The molecule has 1 rings (SSSR count). The molecule has 0 aromatic heterocycles. The van der Waals surface area contributed by atoms with E-state index in [0.29, 0.717) is 6.42 Å². The maximum absolute atomic E-state index is 8.73. The van der Waals surface area contributed by atoms with Crippen LogP contribution in [0.25, 0.3) is 0 Å². The van der Waals surface area contributed by atoms with Crippen molar-refractivity contribution >= 4 is 0 Å². The van der Waals surface area contributed by atoms with Gasteiger partial charge in [-0.2, -0.15) is 0 Å². The molecule has 0 aromatic carbocycles. The summed E-state index contributed by atoms with van der Waals surface area (Å²) in [5.74, 6) is 0. The molecule has 1 heterocycles. The molecular weight excluding hydrogens is 158 g/mol. The highest BCUT2D eigenvalue weighted by atomic mass is 16.6. The Morgan fingerprint density at radius 2 is 2.42 bits per heavy atom. The van der Waals surface area contributed by atoms with Crippen molar-refractivity contribution in [3.63, 3.8) is 0 Å². The molecule has 3 N–H and O–H groups in total. The van der Waals surface area contributed by atoms with Crippen molar-refractivity contribution in [2.45, 2.75) is 38.1 Å². The highest BCUT2D eigenvalue weighted by Gasteiger charge is 2.32. The fraction of sp³-hybridized carbons (Fsp3) is 1.00. The van der Waals surface area contributed by atoms with E-state index in [1.807, 2.05) is 6.92 Å². The van der Waals surface area contributed by atoms with Gasteiger partial charge in [-0.25, -0.2) is 0 Å². The Labute approximate surface area is 72.6 Å². The van der Waals surface area contributed by atoms with Crippen LogP contribution in [0.15, 0.2) is 0 Å². The molecule has 0 radical (unpaired) electrons. The summed E-state index contributed by atoms with van der Waals surface area (Å²) in [6.07, 6.45) is 1.82. The van der Waals surface area contributed by atoms with Gasteiger partial charge in [-0.15, -0.1) is 0 Å². The van der Waals surface area contributed by atoms with Crippen LogP contribution in [0, 0.1) is 0 Å². The van der Waals surface area contributed by atoms with Crippen LogP contribution < -0.4 is 5.73 Å². The maximum Gasteiger partial charge on any atom is 0.0945 e. The average molecular weight is 175 g/mol. The van der Waals surface area contributed by atoms with Gasteiger partial charge in [0.25, 0.3) is 0 Å². The van der Waals surface area contributed by atoms with E-state index in [9.17, 15) is 0 Å². The maximum atomic E-state index is 8.73. The molecule has 72 valence electrons. The number of aliphatic hydroxyl groups excluding tert-OH is 1. The molecule has 1 fully saturated rings. The van der Waals surface area contributed by atoms with Crippen LogP contribution in [-0.2, 0) is 9.47 Å². The lowest BCUT2D eigenvalue weighted by Gasteiger charge is -2.16. The summed E-state index contributed by atoms with van der Waals surface area (Å²) in [6.45, 7) is 2.37. The van der Waals surface area contributed by atoms with Crippen LogP contribution in [0.4, 0.5) is 0 Å². The molecule has 0 aromatic rings. The van der Waals surface area contributed by atoms with E-state index in [4.69, 9.17) is 20.3 Å². The number of nitrogens with two attached hydrogens (primary N) is 1. The minimum Gasteiger partial charge on any atom is -0.396 e. The van der Waals surface area contributed by atoms with Crippen LogP contribution in [0.5, 0.6) is 0 Å². The van der Waals surface area contributed by atoms with Crippen LogP contribution in [-0.4, -0.2) is 36.8 Å². The average Bonchev–Trinajstić information content (AvgIpc) is 2.33. The highest BCUT2D eigenvalue weighted by molar-refractivity contribution is 4.80. The molecular formula is C8H17NO3. The summed E-state index contributed by atoms with van der Waals surface area (Å²) in [6, 6.07) is 0. The van der Waals surface area contributed by atoms with Crippen LogP contribution >= 0.6 is 0 Å². The van der Waals surface area contributed by atoms with Crippen molar-refractivity contribution in [2.75, 3.05) is 13.3 Å². The predicted molar refractivity (Wildman–Crippen MR) is 44.6 cm³/mol. The van der Waals surface area contributed by atoms with Crippen molar-refractivity contribution in [3.8, 4) is 0 Å². The summed E-state index contributed by atoms with van der Waals surface area (Å²) in [5.41, 5.74) is 5.27. The fourth-order valence-electron chi connectivity index (χ4n) is 1.60. The summed E-state index contributed by atoms with van der Waals surface area (Å²) < 4.78 is 10.8. The van der Waals surface area contributed by atoms with Gasteiger partial charge in [-0.3, -0.25) is 0 Å². The number of ether oxygens (including phenoxy) is 2. The monoisotopic (exact) mass is 175 g/mol. The molecule has 4 heteroatoms. The van der Waals surface area contributed by atoms with Gasteiger partial charge in [0.2, 0.25) is 0 Å². The van der Waals surface area contributed by atoms with Gasteiger partial charge in [-0.05, 0) is 13.3 Å². The Morgan fingerprint density at radius 1 is 1.67 bits per heavy atom. The zero-order valence-corrected chi connectivity index (χ0v) is 7.40. The SMILES string of the molecule is CC1CC(OCN)C(CCO)O1. The minimum atomic E-state index is 0.0218.